The molecule has 41 heavy (non-hydrogen) atoms. The highest BCUT2D eigenvalue weighted by molar-refractivity contribution is 7.90. The van der Waals surface area contributed by atoms with Crippen molar-refractivity contribution in [2.45, 2.75) is 76.8 Å². The number of carbonyl (C=O) groups excluding carboxylic acids is 1. The minimum Gasteiger partial charge on any atom is -0.487 e. The Morgan fingerprint density at radius 2 is 1.90 bits per heavy atom. The number of hydrogen-bond donors (Lipinski definition) is 2. The number of sulfonamides is 1. The van der Waals surface area contributed by atoms with E-state index in [2.05, 4.69) is 9.62 Å². The standard InChI is InChI=1S/C32H41ClN2O5S/c1-21-7-6-15-32(3,37)28-13-10-25(28)19-35-16-5-4-8-23-17-27(33)12-9-26(23)20-40-30-14-11-24(18-29(30)35)31(36)34-41(38,39)22(21)2/h6,9,11-12,14-15,17-18,21-22,25,28,37H,4-5,7-8,10,13,16,19-20H2,1-3H3,(H,34,36)/b15-6+/t21-,22+,25-,28+,32+/m0/s1. The first-order valence-electron chi connectivity index (χ1n) is 14.7. The lowest BCUT2D eigenvalue weighted by Crippen LogP contribution is -2.48. The van der Waals surface area contributed by atoms with E-state index in [1.165, 1.54) is 5.56 Å². The van der Waals surface area contributed by atoms with Crippen molar-refractivity contribution in [2.24, 2.45) is 17.8 Å². The van der Waals surface area contributed by atoms with Gasteiger partial charge in [-0.2, -0.15) is 0 Å². The summed E-state index contributed by atoms with van der Waals surface area (Å²) in [5.41, 5.74) is 2.28. The number of aliphatic hydroxyl groups is 1. The van der Waals surface area contributed by atoms with E-state index in [1.807, 2.05) is 44.2 Å². The Balaban J connectivity index is 1.56. The highest BCUT2D eigenvalue weighted by Crippen LogP contribution is 2.44. The number of fused-ring (bicyclic) bond motifs is 3. The zero-order chi connectivity index (χ0) is 29.4. The Kier molecular flexibility index (Phi) is 8.74. The third kappa shape index (κ3) is 6.60. The first kappa shape index (κ1) is 29.9. The lowest BCUT2D eigenvalue weighted by Gasteiger charge is -2.47. The van der Waals surface area contributed by atoms with Gasteiger partial charge >= 0.3 is 0 Å². The van der Waals surface area contributed by atoms with E-state index in [0.717, 1.165) is 49.9 Å². The predicted molar refractivity (Wildman–Crippen MR) is 163 cm³/mol. The van der Waals surface area contributed by atoms with Crippen molar-refractivity contribution in [3.05, 3.63) is 70.3 Å². The van der Waals surface area contributed by atoms with Crippen molar-refractivity contribution < 1.29 is 23.1 Å². The maximum absolute atomic E-state index is 13.3. The van der Waals surface area contributed by atoms with E-state index >= 15 is 0 Å². The van der Waals surface area contributed by atoms with Gasteiger partial charge in [0.05, 0.1) is 16.5 Å². The average Bonchev–Trinajstić information content (AvgIpc) is 2.92. The molecule has 5 atom stereocenters. The smallest absolute Gasteiger partial charge is 0.264 e. The fourth-order valence-corrected chi connectivity index (χ4v) is 7.82. The molecule has 2 bridgehead atoms. The van der Waals surface area contributed by atoms with Gasteiger partial charge in [-0.1, -0.05) is 36.7 Å². The molecule has 9 heteroatoms. The molecule has 2 heterocycles. The van der Waals surface area contributed by atoms with Crippen LogP contribution in [0.2, 0.25) is 5.02 Å². The van der Waals surface area contributed by atoms with Gasteiger partial charge in [0.25, 0.3) is 5.91 Å². The zero-order valence-corrected chi connectivity index (χ0v) is 25.7. The van der Waals surface area contributed by atoms with Crippen LogP contribution in [0.25, 0.3) is 0 Å². The molecule has 0 spiro atoms. The lowest BCUT2D eigenvalue weighted by molar-refractivity contribution is -0.0312. The summed E-state index contributed by atoms with van der Waals surface area (Å²) in [5.74, 6) is 0.104. The lowest BCUT2D eigenvalue weighted by atomic mass is 9.65. The number of halogens is 1. The van der Waals surface area contributed by atoms with Crippen molar-refractivity contribution in [2.75, 3.05) is 18.0 Å². The molecule has 2 aliphatic heterocycles. The van der Waals surface area contributed by atoms with E-state index in [9.17, 15) is 18.3 Å². The van der Waals surface area contributed by atoms with Crippen molar-refractivity contribution in [1.82, 2.24) is 4.72 Å². The number of nitrogens with one attached hydrogen (secondary N) is 1. The SMILES string of the molecule is C[C@@H]1[C@@H](C)C/C=C/[C@@](C)(O)[C@@H]2CC[C@H]2CN2CCCCc3cc(Cl)ccc3COc3ccc(cc32)C(=O)NS1(=O)=O. The number of benzene rings is 2. The Morgan fingerprint density at radius 3 is 2.66 bits per heavy atom. The Labute approximate surface area is 249 Å². The van der Waals surface area contributed by atoms with Gasteiger partial charge in [0.1, 0.15) is 12.4 Å². The fraction of sp³-hybridized carbons (Fsp3) is 0.531. The van der Waals surface area contributed by atoms with Crippen molar-refractivity contribution in [3.63, 3.8) is 0 Å². The van der Waals surface area contributed by atoms with Gasteiger partial charge in [0.2, 0.25) is 10.0 Å². The van der Waals surface area contributed by atoms with Crippen LogP contribution in [-0.2, 0) is 23.1 Å². The monoisotopic (exact) mass is 600 g/mol. The molecule has 5 rings (SSSR count). The molecule has 2 aromatic rings. The van der Waals surface area contributed by atoms with E-state index in [1.54, 1.807) is 25.1 Å². The molecule has 1 amide bonds. The van der Waals surface area contributed by atoms with Crippen LogP contribution in [0, 0.1) is 17.8 Å². The van der Waals surface area contributed by atoms with E-state index in [4.69, 9.17) is 16.3 Å². The van der Waals surface area contributed by atoms with Crippen molar-refractivity contribution >= 4 is 33.2 Å². The van der Waals surface area contributed by atoms with Crippen LogP contribution < -0.4 is 14.4 Å². The Morgan fingerprint density at radius 1 is 1.10 bits per heavy atom. The van der Waals surface area contributed by atoms with Crippen LogP contribution in [0.1, 0.15) is 74.4 Å². The molecule has 2 N–H and O–H groups in total. The molecule has 1 fully saturated rings. The topological polar surface area (TPSA) is 95.9 Å². The second-order valence-corrected chi connectivity index (χ2v) is 14.7. The summed E-state index contributed by atoms with van der Waals surface area (Å²) in [6.45, 7) is 7.14. The molecule has 0 radical (unpaired) electrons. The van der Waals surface area contributed by atoms with Crippen LogP contribution in [0.5, 0.6) is 5.75 Å². The maximum Gasteiger partial charge on any atom is 0.264 e. The van der Waals surface area contributed by atoms with Gasteiger partial charge in [-0.15, -0.1) is 0 Å². The molecule has 0 unspecified atom stereocenters. The predicted octanol–water partition coefficient (Wildman–Crippen LogP) is 5.88. The number of nitrogens with zero attached hydrogens (tertiary/aromatic N) is 1. The van der Waals surface area contributed by atoms with Crippen molar-refractivity contribution in [3.8, 4) is 5.75 Å². The molecule has 3 aliphatic rings. The second-order valence-electron chi connectivity index (χ2n) is 12.3. The van der Waals surface area contributed by atoms with Gasteiger partial charge in [-0.05, 0) is 112 Å². The fourth-order valence-electron chi connectivity index (χ4n) is 6.34. The quantitative estimate of drug-likeness (QED) is 0.367. The van der Waals surface area contributed by atoms with E-state index < -0.39 is 26.8 Å². The summed E-state index contributed by atoms with van der Waals surface area (Å²) in [6, 6.07) is 11.0. The molecular formula is C32H41ClN2O5S. The van der Waals surface area contributed by atoms with Crippen LogP contribution >= 0.6 is 11.6 Å². The molecule has 222 valence electrons. The molecule has 0 saturated heterocycles. The number of amides is 1. The third-order valence-electron chi connectivity index (χ3n) is 9.35. The summed E-state index contributed by atoms with van der Waals surface area (Å²) in [5, 5.41) is 11.4. The molecule has 1 saturated carbocycles. The maximum atomic E-state index is 13.3. The average molecular weight is 601 g/mol. The summed E-state index contributed by atoms with van der Waals surface area (Å²) < 4.78 is 35.0. The normalized spacial score (nSPS) is 31.2. The van der Waals surface area contributed by atoms with Gasteiger partial charge in [-0.3, -0.25) is 4.79 Å². The minimum atomic E-state index is -3.92. The number of anilines is 1. The molecule has 2 aromatic carbocycles. The van der Waals surface area contributed by atoms with Crippen LogP contribution in [0.4, 0.5) is 5.69 Å². The van der Waals surface area contributed by atoms with Crippen LogP contribution in [0.3, 0.4) is 0 Å². The van der Waals surface area contributed by atoms with Gasteiger partial charge < -0.3 is 14.7 Å². The number of rotatable bonds is 0. The summed E-state index contributed by atoms with van der Waals surface area (Å²) >= 11 is 6.30. The van der Waals surface area contributed by atoms with E-state index in [0.29, 0.717) is 30.3 Å². The highest BCUT2D eigenvalue weighted by atomic mass is 35.5. The molecule has 0 aromatic heterocycles. The van der Waals surface area contributed by atoms with Crippen LogP contribution in [0.15, 0.2) is 48.6 Å². The number of aryl methyl sites for hydroxylation is 1. The molecule has 1 aliphatic carbocycles. The van der Waals surface area contributed by atoms with Crippen LogP contribution in [-0.4, -0.2) is 43.4 Å². The molecule has 7 nitrogen and oxygen atoms in total. The first-order chi connectivity index (χ1) is 19.4. The largest absolute Gasteiger partial charge is 0.487 e. The summed E-state index contributed by atoms with van der Waals surface area (Å²) in [4.78, 5) is 15.6. The minimum absolute atomic E-state index is 0.0866. The summed E-state index contributed by atoms with van der Waals surface area (Å²) in [6.07, 6.45) is 8.92. The number of carbonyl (C=O) groups is 1. The van der Waals surface area contributed by atoms with Gasteiger partial charge in [-0.25, -0.2) is 13.1 Å². The highest BCUT2D eigenvalue weighted by Gasteiger charge is 2.43. The van der Waals surface area contributed by atoms with E-state index in [-0.39, 0.29) is 23.3 Å². The number of ether oxygens (including phenoxy) is 1. The number of hydrogen-bond acceptors (Lipinski definition) is 6. The Bertz CT molecular complexity index is 1420. The summed E-state index contributed by atoms with van der Waals surface area (Å²) in [7, 11) is -3.92. The Hall–Kier alpha value is -2.55. The zero-order valence-electron chi connectivity index (χ0n) is 24.1. The van der Waals surface area contributed by atoms with Gasteiger partial charge in [0.15, 0.2) is 0 Å². The number of allylic oxidation sites excluding steroid dienone is 1. The second kappa shape index (κ2) is 12.0. The van der Waals surface area contributed by atoms with Gasteiger partial charge in [0, 0.05) is 23.7 Å². The molecular weight excluding hydrogens is 560 g/mol. The third-order valence-corrected chi connectivity index (χ3v) is 11.5. The first-order valence-corrected chi connectivity index (χ1v) is 16.6. The van der Waals surface area contributed by atoms with Crippen molar-refractivity contribution in [1.29, 1.82) is 0 Å².